The van der Waals surface area contributed by atoms with Gasteiger partial charge in [0.1, 0.15) is 0 Å². The minimum Gasteiger partial charge on any atom is -0.330 e. The number of carbonyl (C=O) groups is 1. The van der Waals surface area contributed by atoms with Crippen LogP contribution in [0.1, 0.15) is 23.1 Å². The van der Waals surface area contributed by atoms with E-state index < -0.39 is 0 Å². The van der Waals surface area contributed by atoms with Crippen molar-refractivity contribution in [2.45, 2.75) is 26.6 Å². The van der Waals surface area contributed by atoms with Crippen molar-refractivity contribution in [3.63, 3.8) is 0 Å². The fourth-order valence-electron chi connectivity index (χ4n) is 2.45. The Morgan fingerprint density at radius 1 is 1.24 bits per heavy atom. The van der Waals surface area contributed by atoms with Crippen LogP contribution >= 0.6 is 11.6 Å². The van der Waals surface area contributed by atoms with Crippen LogP contribution in [0.2, 0.25) is 5.02 Å². The molecule has 0 fully saturated rings. The van der Waals surface area contributed by atoms with Crippen molar-refractivity contribution in [3.05, 3.63) is 51.2 Å². The molecular formula is C14H15ClN4O2. The van der Waals surface area contributed by atoms with E-state index in [1.807, 2.05) is 25.1 Å². The monoisotopic (exact) mass is 306 g/mol. The van der Waals surface area contributed by atoms with Crippen molar-refractivity contribution >= 4 is 17.5 Å². The van der Waals surface area contributed by atoms with Gasteiger partial charge in [-0.15, -0.1) is 5.10 Å². The summed E-state index contributed by atoms with van der Waals surface area (Å²) >= 11 is 6.13. The molecular weight excluding hydrogens is 292 g/mol. The Morgan fingerprint density at radius 3 is 2.71 bits per heavy atom. The van der Waals surface area contributed by atoms with E-state index in [-0.39, 0.29) is 17.4 Å². The molecule has 21 heavy (non-hydrogen) atoms. The molecule has 3 rings (SSSR count). The molecule has 1 aliphatic rings. The molecule has 0 N–H and O–H groups in total. The number of hydrogen-bond donors (Lipinski definition) is 0. The van der Waals surface area contributed by atoms with Gasteiger partial charge in [0.05, 0.1) is 0 Å². The van der Waals surface area contributed by atoms with Crippen LogP contribution in [0, 0.1) is 0 Å². The summed E-state index contributed by atoms with van der Waals surface area (Å²) in [5.41, 5.74) is 0.663. The number of halogens is 1. The van der Waals surface area contributed by atoms with E-state index in [0.717, 1.165) is 5.56 Å². The third-order valence-electron chi connectivity index (χ3n) is 3.61. The Labute approximate surface area is 126 Å². The lowest BCUT2D eigenvalue weighted by molar-refractivity contribution is 0.0681. The van der Waals surface area contributed by atoms with Gasteiger partial charge in [0.15, 0.2) is 0 Å². The SMILES string of the molecule is CCn1nc2n(c1=O)CCN(Cc1ccccc1Cl)C2=O. The lowest BCUT2D eigenvalue weighted by Gasteiger charge is -2.26. The Hall–Kier alpha value is -2.08. The molecule has 0 unspecified atom stereocenters. The molecule has 6 nitrogen and oxygen atoms in total. The quantitative estimate of drug-likeness (QED) is 0.860. The molecule has 0 aliphatic carbocycles. The first-order valence-corrected chi connectivity index (χ1v) is 7.20. The zero-order valence-electron chi connectivity index (χ0n) is 11.6. The van der Waals surface area contributed by atoms with Gasteiger partial charge in [0.2, 0.25) is 5.82 Å². The molecule has 0 bridgehead atoms. The first-order valence-electron chi connectivity index (χ1n) is 6.82. The van der Waals surface area contributed by atoms with E-state index in [1.54, 1.807) is 11.0 Å². The van der Waals surface area contributed by atoms with Crippen molar-refractivity contribution in [2.24, 2.45) is 0 Å². The number of rotatable bonds is 3. The third-order valence-corrected chi connectivity index (χ3v) is 3.98. The minimum atomic E-state index is -0.231. The van der Waals surface area contributed by atoms with Crippen LogP contribution in [-0.2, 0) is 19.6 Å². The molecule has 7 heteroatoms. The van der Waals surface area contributed by atoms with Gasteiger partial charge in [0.25, 0.3) is 5.91 Å². The predicted molar refractivity (Wildman–Crippen MR) is 78.4 cm³/mol. The Kier molecular flexibility index (Phi) is 3.55. The van der Waals surface area contributed by atoms with Gasteiger partial charge in [-0.25, -0.2) is 9.48 Å². The van der Waals surface area contributed by atoms with E-state index in [4.69, 9.17) is 11.6 Å². The van der Waals surface area contributed by atoms with Crippen molar-refractivity contribution in [1.82, 2.24) is 19.2 Å². The Bertz CT molecular complexity index is 750. The van der Waals surface area contributed by atoms with Crippen LogP contribution in [0.15, 0.2) is 29.1 Å². The molecule has 0 spiro atoms. The average molecular weight is 307 g/mol. The van der Waals surface area contributed by atoms with Crippen molar-refractivity contribution in [1.29, 1.82) is 0 Å². The topological polar surface area (TPSA) is 60.1 Å². The number of carbonyl (C=O) groups excluding carboxylic acids is 1. The van der Waals surface area contributed by atoms with Gasteiger partial charge in [-0.3, -0.25) is 9.36 Å². The molecule has 1 aromatic heterocycles. The van der Waals surface area contributed by atoms with E-state index in [0.29, 0.717) is 31.2 Å². The minimum absolute atomic E-state index is 0.208. The summed E-state index contributed by atoms with van der Waals surface area (Å²) in [7, 11) is 0. The lowest BCUT2D eigenvalue weighted by Crippen LogP contribution is -2.42. The molecule has 2 heterocycles. The zero-order valence-corrected chi connectivity index (χ0v) is 12.4. The highest BCUT2D eigenvalue weighted by atomic mass is 35.5. The summed E-state index contributed by atoms with van der Waals surface area (Å²) in [6, 6.07) is 7.43. The summed E-state index contributed by atoms with van der Waals surface area (Å²) in [4.78, 5) is 26.1. The maximum Gasteiger partial charge on any atom is 0.346 e. The maximum atomic E-state index is 12.5. The highest BCUT2D eigenvalue weighted by Gasteiger charge is 2.29. The first-order chi connectivity index (χ1) is 10.1. The van der Waals surface area contributed by atoms with Gasteiger partial charge in [-0.2, -0.15) is 0 Å². The lowest BCUT2D eigenvalue weighted by atomic mass is 10.2. The molecule has 110 valence electrons. The number of aryl methyl sites for hydroxylation is 1. The van der Waals surface area contributed by atoms with Gasteiger partial charge < -0.3 is 4.90 Å². The second kappa shape index (κ2) is 5.37. The molecule has 2 aromatic rings. The van der Waals surface area contributed by atoms with Gasteiger partial charge in [0, 0.05) is 31.2 Å². The number of nitrogens with zero attached hydrogens (tertiary/aromatic N) is 4. The van der Waals surface area contributed by atoms with Crippen LogP contribution < -0.4 is 5.69 Å². The first kappa shape index (κ1) is 13.9. The highest BCUT2D eigenvalue weighted by molar-refractivity contribution is 6.31. The van der Waals surface area contributed by atoms with E-state index in [1.165, 1.54) is 9.25 Å². The summed E-state index contributed by atoms with van der Waals surface area (Å²) in [6.45, 7) is 3.64. The predicted octanol–water partition coefficient (Wildman–Crippen LogP) is 1.37. The summed E-state index contributed by atoms with van der Waals surface area (Å²) in [5.74, 6) is -0.0226. The van der Waals surface area contributed by atoms with Crippen molar-refractivity contribution in [3.8, 4) is 0 Å². The molecule has 1 aromatic carbocycles. The maximum absolute atomic E-state index is 12.5. The molecule has 0 radical (unpaired) electrons. The summed E-state index contributed by atoms with van der Waals surface area (Å²) in [6.07, 6.45) is 0. The molecule has 0 saturated heterocycles. The fraction of sp³-hybridized carbons (Fsp3) is 0.357. The molecule has 1 aliphatic heterocycles. The fourth-order valence-corrected chi connectivity index (χ4v) is 2.65. The zero-order chi connectivity index (χ0) is 15.0. The highest BCUT2D eigenvalue weighted by Crippen LogP contribution is 2.19. The van der Waals surface area contributed by atoms with E-state index in [2.05, 4.69) is 5.10 Å². The summed E-state index contributed by atoms with van der Waals surface area (Å²) in [5, 5.41) is 4.74. The van der Waals surface area contributed by atoms with Crippen molar-refractivity contribution in [2.75, 3.05) is 6.54 Å². The Morgan fingerprint density at radius 2 is 2.00 bits per heavy atom. The van der Waals surface area contributed by atoms with Gasteiger partial charge in [-0.05, 0) is 18.6 Å². The average Bonchev–Trinajstić information content (AvgIpc) is 2.81. The Balaban J connectivity index is 1.89. The summed E-state index contributed by atoms with van der Waals surface area (Å²) < 4.78 is 2.75. The number of amides is 1. The van der Waals surface area contributed by atoms with Gasteiger partial charge in [-0.1, -0.05) is 29.8 Å². The standard InChI is InChI=1S/C14H15ClN4O2/c1-2-19-14(21)18-8-7-17(13(20)12(18)16-19)9-10-5-3-4-6-11(10)15/h3-6H,2,7-9H2,1H3. The van der Waals surface area contributed by atoms with Crippen LogP contribution in [0.5, 0.6) is 0 Å². The second-order valence-electron chi connectivity index (χ2n) is 4.89. The molecule has 0 saturated carbocycles. The smallest absolute Gasteiger partial charge is 0.330 e. The normalized spacial score (nSPS) is 14.4. The van der Waals surface area contributed by atoms with Crippen LogP contribution in [0.4, 0.5) is 0 Å². The third kappa shape index (κ3) is 2.35. The number of hydrogen-bond acceptors (Lipinski definition) is 3. The van der Waals surface area contributed by atoms with Crippen molar-refractivity contribution < 1.29 is 4.79 Å². The van der Waals surface area contributed by atoms with E-state index in [9.17, 15) is 9.59 Å². The van der Waals surface area contributed by atoms with Crippen LogP contribution in [0.25, 0.3) is 0 Å². The second-order valence-corrected chi connectivity index (χ2v) is 5.30. The number of fused-ring (bicyclic) bond motifs is 1. The largest absolute Gasteiger partial charge is 0.346 e. The molecule has 0 atom stereocenters. The number of benzene rings is 1. The van der Waals surface area contributed by atoms with Crippen LogP contribution in [-0.4, -0.2) is 31.7 Å². The van der Waals surface area contributed by atoms with Crippen LogP contribution in [0.3, 0.4) is 0 Å². The molecule has 1 amide bonds. The van der Waals surface area contributed by atoms with E-state index >= 15 is 0 Å². The van der Waals surface area contributed by atoms with Gasteiger partial charge >= 0.3 is 5.69 Å². The number of aromatic nitrogens is 3.